The van der Waals surface area contributed by atoms with Crippen LogP contribution in [-0.2, 0) is 22.7 Å². The van der Waals surface area contributed by atoms with Crippen molar-refractivity contribution < 1.29 is 8.42 Å². The highest BCUT2D eigenvalue weighted by molar-refractivity contribution is 7.92. The summed E-state index contributed by atoms with van der Waals surface area (Å²) < 4.78 is 22.6. The van der Waals surface area contributed by atoms with Gasteiger partial charge in [-0.05, 0) is 37.8 Å². The average molecular weight is 267 g/mol. The molecule has 0 aliphatic heterocycles. The summed E-state index contributed by atoms with van der Waals surface area (Å²) in [6.07, 6.45) is 3.30. The Morgan fingerprint density at radius 3 is 2.17 bits per heavy atom. The van der Waals surface area contributed by atoms with Gasteiger partial charge in [-0.15, -0.1) is 0 Å². The van der Waals surface area contributed by atoms with Gasteiger partial charge in [0.1, 0.15) is 0 Å². The molecule has 0 saturated heterocycles. The molecular weight excluding hydrogens is 246 g/mol. The molecule has 100 valence electrons. The minimum absolute atomic E-state index is 0.364. The van der Waals surface area contributed by atoms with Gasteiger partial charge in [-0.25, -0.2) is 8.42 Å². The summed E-state index contributed by atoms with van der Waals surface area (Å²) in [6.45, 7) is 4.05. The number of benzene rings is 1. The van der Waals surface area contributed by atoms with Crippen molar-refractivity contribution in [2.45, 2.75) is 37.5 Å². The predicted molar refractivity (Wildman–Crippen MR) is 74.6 cm³/mol. The lowest BCUT2D eigenvalue weighted by atomic mass is 10.1. The fraction of sp³-hybridized carbons (Fsp3) is 0.571. The minimum Gasteiger partial charge on any atom is -0.312 e. The second kappa shape index (κ2) is 4.67. The van der Waals surface area contributed by atoms with Crippen molar-refractivity contribution in [3.63, 3.8) is 0 Å². The maximum absolute atomic E-state index is 11.6. The summed E-state index contributed by atoms with van der Waals surface area (Å²) in [5.74, 6) is 0. The molecule has 0 saturated carbocycles. The Balaban J connectivity index is 1.95. The highest BCUT2D eigenvalue weighted by Gasteiger charge is 2.31. The van der Waals surface area contributed by atoms with Crippen molar-refractivity contribution in [3.8, 4) is 0 Å². The third-order valence-corrected chi connectivity index (χ3v) is 6.02. The molecule has 1 aromatic rings. The number of fused-ring (bicyclic) bond motifs is 1. The van der Waals surface area contributed by atoms with E-state index in [2.05, 4.69) is 29.6 Å². The van der Waals surface area contributed by atoms with E-state index < -0.39 is 14.6 Å². The molecule has 0 unspecified atom stereocenters. The van der Waals surface area contributed by atoms with Crippen LogP contribution in [0.3, 0.4) is 0 Å². The molecule has 1 aliphatic carbocycles. The van der Waals surface area contributed by atoms with E-state index in [1.54, 1.807) is 13.8 Å². The van der Waals surface area contributed by atoms with Gasteiger partial charge in [0.2, 0.25) is 0 Å². The molecule has 1 N–H and O–H groups in total. The van der Waals surface area contributed by atoms with E-state index in [9.17, 15) is 8.42 Å². The van der Waals surface area contributed by atoms with Gasteiger partial charge in [0, 0.05) is 18.8 Å². The van der Waals surface area contributed by atoms with Crippen LogP contribution >= 0.6 is 0 Å². The Labute approximate surface area is 110 Å². The maximum Gasteiger partial charge on any atom is 0.153 e. The number of rotatable bonds is 4. The topological polar surface area (TPSA) is 46.2 Å². The number of hydrogen-bond acceptors (Lipinski definition) is 3. The van der Waals surface area contributed by atoms with E-state index in [0.29, 0.717) is 12.6 Å². The summed E-state index contributed by atoms with van der Waals surface area (Å²) >= 11 is 0. The molecular formula is C14H21NO2S. The molecule has 0 bridgehead atoms. The van der Waals surface area contributed by atoms with E-state index in [1.807, 2.05) is 0 Å². The van der Waals surface area contributed by atoms with Gasteiger partial charge in [0.05, 0.1) is 4.75 Å². The largest absolute Gasteiger partial charge is 0.312 e. The Hall–Kier alpha value is -0.870. The lowest BCUT2D eigenvalue weighted by Crippen LogP contribution is -2.45. The smallest absolute Gasteiger partial charge is 0.153 e. The van der Waals surface area contributed by atoms with Crippen LogP contribution in [0, 0.1) is 0 Å². The van der Waals surface area contributed by atoms with Crippen LogP contribution < -0.4 is 5.32 Å². The lowest BCUT2D eigenvalue weighted by Gasteiger charge is -2.25. The van der Waals surface area contributed by atoms with Crippen molar-refractivity contribution in [1.29, 1.82) is 0 Å². The standard InChI is InChI=1S/C14H21NO2S/c1-14(2,18(3,16)17)10-15-13-8-11-6-4-5-7-12(11)9-13/h4-7,13,15H,8-10H2,1-3H3. The first-order valence-electron chi connectivity index (χ1n) is 6.29. The van der Waals surface area contributed by atoms with Crippen LogP contribution in [0.4, 0.5) is 0 Å². The fourth-order valence-electron chi connectivity index (χ4n) is 2.22. The molecule has 4 heteroatoms. The van der Waals surface area contributed by atoms with Crippen molar-refractivity contribution >= 4 is 9.84 Å². The highest BCUT2D eigenvalue weighted by Crippen LogP contribution is 2.22. The van der Waals surface area contributed by atoms with Crippen LogP contribution in [-0.4, -0.2) is 32.0 Å². The zero-order chi connectivity index (χ0) is 13.4. The summed E-state index contributed by atoms with van der Waals surface area (Å²) in [4.78, 5) is 0. The molecule has 0 fully saturated rings. The molecule has 0 radical (unpaired) electrons. The predicted octanol–water partition coefficient (Wildman–Crippen LogP) is 1.57. The van der Waals surface area contributed by atoms with E-state index in [0.717, 1.165) is 12.8 Å². The van der Waals surface area contributed by atoms with E-state index >= 15 is 0 Å². The monoisotopic (exact) mass is 267 g/mol. The molecule has 0 heterocycles. The van der Waals surface area contributed by atoms with Gasteiger partial charge in [-0.3, -0.25) is 0 Å². The van der Waals surface area contributed by atoms with Gasteiger partial charge in [-0.2, -0.15) is 0 Å². The summed E-state index contributed by atoms with van der Waals surface area (Å²) in [7, 11) is -3.02. The second-order valence-corrected chi connectivity index (χ2v) is 8.44. The minimum atomic E-state index is -3.02. The van der Waals surface area contributed by atoms with Gasteiger partial charge in [-0.1, -0.05) is 24.3 Å². The zero-order valence-corrected chi connectivity index (χ0v) is 12.0. The molecule has 2 rings (SSSR count). The molecule has 0 aromatic heterocycles. The second-order valence-electron chi connectivity index (χ2n) is 5.79. The van der Waals surface area contributed by atoms with Crippen LogP contribution in [0.25, 0.3) is 0 Å². The van der Waals surface area contributed by atoms with Gasteiger partial charge < -0.3 is 5.32 Å². The van der Waals surface area contributed by atoms with Crippen LogP contribution in [0.15, 0.2) is 24.3 Å². The Kier molecular flexibility index (Phi) is 3.52. The first-order valence-corrected chi connectivity index (χ1v) is 8.18. The Morgan fingerprint density at radius 2 is 1.72 bits per heavy atom. The number of hydrogen-bond donors (Lipinski definition) is 1. The van der Waals surface area contributed by atoms with Crippen molar-refractivity contribution in [2.24, 2.45) is 0 Å². The van der Waals surface area contributed by atoms with E-state index in [1.165, 1.54) is 17.4 Å². The molecule has 18 heavy (non-hydrogen) atoms. The molecule has 0 atom stereocenters. The summed E-state index contributed by atoms with van der Waals surface area (Å²) in [5.41, 5.74) is 2.76. The van der Waals surface area contributed by atoms with Crippen LogP contribution in [0.1, 0.15) is 25.0 Å². The maximum atomic E-state index is 11.6. The van der Waals surface area contributed by atoms with Crippen molar-refractivity contribution in [1.82, 2.24) is 5.32 Å². The Morgan fingerprint density at radius 1 is 1.22 bits per heavy atom. The quantitative estimate of drug-likeness (QED) is 0.900. The molecule has 1 aromatic carbocycles. The van der Waals surface area contributed by atoms with Crippen molar-refractivity contribution in [2.75, 3.05) is 12.8 Å². The zero-order valence-electron chi connectivity index (χ0n) is 11.2. The molecule has 3 nitrogen and oxygen atoms in total. The molecule has 0 amide bonds. The van der Waals surface area contributed by atoms with E-state index in [4.69, 9.17) is 0 Å². The van der Waals surface area contributed by atoms with E-state index in [-0.39, 0.29) is 0 Å². The lowest BCUT2D eigenvalue weighted by molar-refractivity contribution is 0.472. The molecule has 0 spiro atoms. The fourth-order valence-corrected chi connectivity index (χ4v) is 2.57. The number of nitrogens with one attached hydrogen (secondary N) is 1. The normalized spacial score (nSPS) is 16.8. The van der Waals surface area contributed by atoms with Gasteiger partial charge >= 0.3 is 0 Å². The highest BCUT2D eigenvalue weighted by atomic mass is 32.2. The summed E-state index contributed by atoms with van der Waals surface area (Å²) in [6, 6.07) is 8.78. The van der Waals surface area contributed by atoms with Gasteiger partial charge in [0.25, 0.3) is 0 Å². The van der Waals surface area contributed by atoms with Gasteiger partial charge in [0.15, 0.2) is 9.84 Å². The number of sulfone groups is 1. The SMILES string of the molecule is CC(C)(CNC1Cc2ccccc2C1)S(C)(=O)=O. The first-order chi connectivity index (χ1) is 8.29. The third-order valence-electron chi connectivity index (χ3n) is 3.87. The van der Waals surface area contributed by atoms with Crippen LogP contribution in [0.5, 0.6) is 0 Å². The Bertz CT molecular complexity index is 509. The van der Waals surface area contributed by atoms with Crippen molar-refractivity contribution in [3.05, 3.63) is 35.4 Å². The van der Waals surface area contributed by atoms with Crippen LogP contribution in [0.2, 0.25) is 0 Å². The third kappa shape index (κ3) is 2.75. The molecule has 1 aliphatic rings. The summed E-state index contributed by atoms with van der Waals surface area (Å²) in [5, 5.41) is 3.40. The average Bonchev–Trinajstić information content (AvgIpc) is 2.67. The first kappa shape index (κ1) is 13.6.